The lowest BCUT2D eigenvalue weighted by atomic mass is 10.1. The third kappa shape index (κ3) is 6.09. The van der Waals surface area contributed by atoms with Crippen LogP contribution in [-0.4, -0.2) is 13.1 Å². The summed E-state index contributed by atoms with van der Waals surface area (Å²) >= 11 is 0. The highest BCUT2D eigenvalue weighted by Gasteiger charge is 1.96. The Hall–Kier alpha value is -1.77. The van der Waals surface area contributed by atoms with Gasteiger partial charge in [-0.3, -0.25) is 0 Å². The Bertz CT molecular complexity index is 399. The summed E-state index contributed by atoms with van der Waals surface area (Å²) in [6.45, 7) is 1.95. The van der Waals surface area contributed by atoms with E-state index in [-0.39, 0.29) is 5.97 Å². The first-order chi connectivity index (χ1) is 8.72. The summed E-state index contributed by atoms with van der Waals surface area (Å²) in [5, 5.41) is 0. The molecule has 1 aromatic heterocycles. The van der Waals surface area contributed by atoms with Gasteiger partial charge < -0.3 is 9.15 Å². The molecule has 0 atom stereocenters. The van der Waals surface area contributed by atoms with Crippen molar-refractivity contribution in [1.82, 2.24) is 0 Å². The number of esters is 1. The van der Waals surface area contributed by atoms with E-state index >= 15 is 0 Å². The van der Waals surface area contributed by atoms with Crippen LogP contribution in [0, 0.1) is 0 Å². The molecule has 0 saturated heterocycles. The van der Waals surface area contributed by atoms with E-state index in [9.17, 15) is 4.79 Å². The van der Waals surface area contributed by atoms with E-state index < -0.39 is 0 Å². The molecule has 0 aliphatic heterocycles. The fraction of sp³-hybridized carbons (Fsp3) is 0.400. The molecule has 3 nitrogen and oxygen atoms in total. The SMILES string of the molecule is COC(=O)/C=C(\C)CCCC/C=C/c1ccco1. The lowest BCUT2D eigenvalue weighted by molar-refractivity contribution is -0.134. The highest BCUT2D eigenvalue weighted by atomic mass is 16.5. The number of carbonyl (C=O) groups is 1. The maximum atomic E-state index is 11.0. The number of hydrogen-bond acceptors (Lipinski definition) is 3. The third-order valence-electron chi connectivity index (χ3n) is 2.58. The monoisotopic (exact) mass is 248 g/mol. The Morgan fingerprint density at radius 3 is 2.94 bits per heavy atom. The van der Waals surface area contributed by atoms with E-state index in [0.29, 0.717) is 0 Å². The molecule has 0 bridgehead atoms. The number of rotatable bonds is 7. The number of ether oxygens (including phenoxy) is 1. The van der Waals surface area contributed by atoms with E-state index in [0.717, 1.165) is 37.0 Å². The van der Waals surface area contributed by atoms with Crippen LogP contribution in [0.2, 0.25) is 0 Å². The Morgan fingerprint density at radius 1 is 1.44 bits per heavy atom. The number of furan rings is 1. The zero-order valence-corrected chi connectivity index (χ0v) is 11.0. The fourth-order valence-corrected chi connectivity index (χ4v) is 1.58. The van der Waals surface area contributed by atoms with Gasteiger partial charge in [0.25, 0.3) is 0 Å². The summed E-state index contributed by atoms with van der Waals surface area (Å²) in [7, 11) is 1.39. The lowest BCUT2D eigenvalue weighted by Crippen LogP contribution is -1.95. The Kier molecular flexibility index (Phi) is 6.62. The molecule has 1 heterocycles. The molecule has 1 aromatic rings. The first-order valence-electron chi connectivity index (χ1n) is 6.17. The van der Waals surface area contributed by atoms with Crippen molar-refractivity contribution in [3.63, 3.8) is 0 Å². The molecule has 1 rings (SSSR count). The highest BCUT2D eigenvalue weighted by Crippen LogP contribution is 2.10. The van der Waals surface area contributed by atoms with Gasteiger partial charge >= 0.3 is 5.97 Å². The largest absolute Gasteiger partial charge is 0.466 e. The number of allylic oxidation sites excluding steroid dienone is 2. The van der Waals surface area contributed by atoms with Gasteiger partial charge in [0.15, 0.2) is 0 Å². The smallest absolute Gasteiger partial charge is 0.330 e. The van der Waals surface area contributed by atoms with Crippen molar-refractivity contribution < 1.29 is 13.9 Å². The molecule has 98 valence electrons. The van der Waals surface area contributed by atoms with Gasteiger partial charge in [-0.05, 0) is 50.8 Å². The van der Waals surface area contributed by atoms with Gasteiger partial charge in [0.2, 0.25) is 0 Å². The number of unbranched alkanes of at least 4 members (excludes halogenated alkanes) is 2. The maximum absolute atomic E-state index is 11.0. The second-order valence-electron chi connectivity index (χ2n) is 4.18. The standard InChI is InChI=1S/C15H20O3/c1-13(12-15(16)17-2)8-5-3-4-6-9-14-10-7-11-18-14/h6-7,9-12H,3-5,8H2,1-2H3/b9-6+,13-12+. The molecule has 0 aromatic carbocycles. The number of hydrogen-bond donors (Lipinski definition) is 0. The average Bonchev–Trinajstić information content (AvgIpc) is 2.86. The first-order valence-corrected chi connectivity index (χ1v) is 6.17. The molecule has 0 aliphatic carbocycles. The van der Waals surface area contributed by atoms with E-state index in [1.54, 1.807) is 12.3 Å². The molecular formula is C15H20O3. The zero-order chi connectivity index (χ0) is 13.2. The quantitative estimate of drug-likeness (QED) is 0.416. The van der Waals surface area contributed by atoms with Gasteiger partial charge in [-0.1, -0.05) is 11.6 Å². The molecule has 18 heavy (non-hydrogen) atoms. The van der Waals surface area contributed by atoms with Crippen molar-refractivity contribution in [3.8, 4) is 0 Å². The molecule has 0 radical (unpaired) electrons. The van der Waals surface area contributed by atoms with Gasteiger partial charge in [-0.25, -0.2) is 4.79 Å². The van der Waals surface area contributed by atoms with Gasteiger partial charge in [0.1, 0.15) is 5.76 Å². The summed E-state index contributed by atoms with van der Waals surface area (Å²) in [5.41, 5.74) is 1.07. The second-order valence-corrected chi connectivity index (χ2v) is 4.18. The molecule has 0 fully saturated rings. The van der Waals surface area contributed by atoms with Gasteiger partial charge in [0.05, 0.1) is 13.4 Å². The Labute approximate surface area is 108 Å². The van der Waals surface area contributed by atoms with Crippen molar-refractivity contribution in [2.75, 3.05) is 7.11 Å². The molecule has 0 N–H and O–H groups in total. The van der Waals surface area contributed by atoms with E-state index in [1.807, 2.05) is 25.1 Å². The van der Waals surface area contributed by atoms with Gasteiger partial charge in [-0.2, -0.15) is 0 Å². The topological polar surface area (TPSA) is 39.4 Å². The number of methoxy groups -OCH3 is 1. The predicted octanol–water partition coefficient (Wildman–Crippen LogP) is 3.97. The minimum Gasteiger partial charge on any atom is -0.466 e. The minimum atomic E-state index is -0.273. The molecule has 0 amide bonds. The van der Waals surface area contributed by atoms with Crippen LogP contribution in [0.15, 0.2) is 40.5 Å². The Balaban J connectivity index is 2.12. The normalized spacial score (nSPS) is 12.0. The van der Waals surface area contributed by atoms with Crippen LogP contribution in [0.1, 0.15) is 38.4 Å². The lowest BCUT2D eigenvalue weighted by Gasteiger charge is -1.99. The molecule has 3 heteroatoms. The molecule has 0 unspecified atom stereocenters. The summed E-state index contributed by atoms with van der Waals surface area (Å²) in [4.78, 5) is 11.0. The van der Waals surface area contributed by atoms with Crippen LogP contribution in [-0.2, 0) is 9.53 Å². The zero-order valence-electron chi connectivity index (χ0n) is 11.0. The molecule has 0 saturated carbocycles. The fourth-order valence-electron chi connectivity index (χ4n) is 1.58. The minimum absolute atomic E-state index is 0.273. The number of carbonyl (C=O) groups excluding carboxylic acids is 1. The average molecular weight is 248 g/mol. The van der Waals surface area contributed by atoms with E-state index in [1.165, 1.54) is 7.11 Å². The molecule has 0 spiro atoms. The van der Waals surface area contributed by atoms with Crippen molar-refractivity contribution in [1.29, 1.82) is 0 Å². The van der Waals surface area contributed by atoms with E-state index in [4.69, 9.17) is 4.42 Å². The first kappa shape index (κ1) is 14.3. The molecule has 0 aliphatic rings. The maximum Gasteiger partial charge on any atom is 0.330 e. The van der Waals surface area contributed by atoms with Crippen LogP contribution in [0.4, 0.5) is 0 Å². The van der Waals surface area contributed by atoms with Crippen LogP contribution in [0.5, 0.6) is 0 Å². The van der Waals surface area contributed by atoms with Crippen molar-refractivity contribution >= 4 is 12.0 Å². The van der Waals surface area contributed by atoms with Crippen LogP contribution in [0.25, 0.3) is 6.08 Å². The van der Waals surface area contributed by atoms with Gasteiger partial charge in [0, 0.05) is 6.08 Å². The summed E-state index contributed by atoms with van der Waals surface area (Å²) in [6.07, 6.45) is 11.4. The third-order valence-corrected chi connectivity index (χ3v) is 2.58. The van der Waals surface area contributed by atoms with Crippen LogP contribution >= 0.6 is 0 Å². The second kappa shape index (κ2) is 8.34. The summed E-state index contributed by atoms with van der Waals surface area (Å²) in [5.74, 6) is 0.613. The highest BCUT2D eigenvalue weighted by molar-refractivity contribution is 5.82. The Morgan fingerprint density at radius 2 is 2.28 bits per heavy atom. The van der Waals surface area contributed by atoms with Crippen LogP contribution < -0.4 is 0 Å². The summed E-state index contributed by atoms with van der Waals surface area (Å²) in [6, 6.07) is 3.81. The van der Waals surface area contributed by atoms with Crippen molar-refractivity contribution in [3.05, 3.63) is 41.9 Å². The van der Waals surface area contributed by atoms with Crippen molar-refractivity contribution in [2.45, 2.75) is 32.6 Å². The predicted molar refractivity (Wildman–Crippen MR) is 72.0 cm³/mol. The molecular weight excluding hydrogens is 228 g/mol. The van der Waals surface area contributed by atoms with Crippen molar-refractivity contribution in [2.24, 2.45) is 0 Å². The van der Waals surface area contributed by atoms with Crippen LogP contribution in [0.3, 0.4) is 0 Å². The van der Waals surface area contributed by atoms with E-state index in [2.05, 4.69) is 10.8 Å². The van der Waals surface area contributed by atoms with Gasteiger partial charge in [-0.15, -0.1) is 0 Å². The summed E-state index contributed by atoms with van der Waals surface area (Å²) < 4.78 is 9.76.